The van der Waals surface area contributed by atoms with Gasteiger partial charge < -0.3 is 9.73 Å². The second-order valence-electron chi connectivity index (χ2n) is 8.08. The van der Waals surface area contributed by atoms with Gasteiger partial charge in [-0.2, -0.15) is 0 Å². The van der Waals surface area contributed by atoms with Crippen molar-refractivity contribution in [3.63, 3.8) is 0 Å². The third-order valence-corrected chi connectivity index (χ3v) is 6.30. The van der Waals surface area contributed by atoms with Gasteiger partial charge in [-0.3, -0.25) is 4.98 Å². The van der Waals surface area contributed by atoms with Crippen LogP contribution in [0.3, 0.4) is 0 Å². The van der Waals surface area contributed by atoms with Crippen molar-refractivity contribution in [2.75, 3.05) is 0 Å². The smallest absolute Gasteiger partial charge is 0.152 e. The fraction of sp³-hybridized carbons (Fsp3) is 0.550. The third kappa shape index (κ3) is 2.51. The molecule has 4 saturated carbocycles. The molecule has 4 aliphatic rings. The second-order valence-corrected chi connectivity index (χ2v) is 8.08. The fourth-order valence-electron chi connectivity index (χ4n) is 5.72. The molecule has 3 heteroatoms. The molecule has 2 aromatic heterocycles. The van der Waals surface area contributed by atoms with E-state index in [1.54, 1.807) is 6.26 Å². The van der Waals surface area contributed by atoms with Crippen molar-refractivity contribution in [2.24, 2.45) is 17.8 Å². The largest absolute Gasteiger partial charge is 0.463 e. The standard InChI is InChI=1S/C20H24N2O/c1-2-19(23-5-1)18-4-3-14(12-21-18)13-22-20-9-15-6-16(10-20)8-17(7-15)11-20/h1-5,12,15-17,22H,6-11,13H2. The topological polar surface area (TPSA) is 38.1 Å². The minimum Gasteiger partial charge on any atom is -0.463 e. The first-order valence-corrected chi connectivity index (χ1v) is 9.02. The number of nitrogens with one attached hydrogen (secondary N) is 1. The van der Waals surface area contributed by atoms with Gasteiger partial charge in [0.05, 0.1) is 6.26 Å². The van der Waals surface area contributed by atoms with Crippen molar-refractivity contribution in [1.29, 1.82) is 0 Å². The molecule has 0 saturated heterocycles. The van der Waals surface area contributed by atoms with E-state index in [0.29, 0.717) is 5.54 Å². The SMILES string of the molecule is c1coc(-c2ccc(CNC34CC5CC(CC(C5)C3)C4)cn2)c1. The van der Waals surface area contributed by atoms with Gasteiger partial charge in [0.25, 0.3) is 0 Å². The van der Waals surface area contributed by atoms with Crippen LogP contribution in [0.15, 0.2) is 41.1 Å². The lowest BCUT2D eigenvalue weighted by molar-refractivity contribution is -0.0206. The third-order valence-electron chi connectivity index (χ3n) is 6.30. The zero-order valence-electron chi connectivity index (χ0n) is 13.5. The Kier molecular flexibility index (Phi) is 3.12. The Morgan fingerprint density at radius 1 is 1.04 bits per heavy atom. The van der Waals surface area contributed by atoms with Crippen LogP contribution in [-0.4, -0.2) is 10.5 Å². The van der Waals surface area contributed by atoms with Crippen LogP contribution in [0.4, 0.5) is 0 Å². The van der Waals surface area contributed by atoms with Gasteiger partial charge in [-0.1, -0.05) is 6.07 Å². The van der Waals surface area contributed by atoms with Crippen LogP contribution in [0.25, 0.3) is 11.5 Å². The molecule has 2 aromatic rings. The molecule has 0 atom stereocenters. The first-order valence-electron chi connectivity index (χ1n) is 9.02. The summed E-state index contributed by atoms with van der Waals surface area (Å²) in [5, 5.41) is 3.93. The van der Waals surface area contributed by atoms with Crippen LogP contribution in [0.2, 0.25) is 0 Å². The fourth-order valence-corrected chi connectivity index (χ4v) is 5.72. The zero-order valence-corrected chi connectivity index (χ0v) is 13.5. The molecule has 6 rings (SSSR count). The number of furan rings is 1. The zero-order chi connectivity index (χ0) is 15.3. The maximum absolute atomic E-state index is 5.41. The summed E-state index contributed by atoms with van der Waals surface area (Å²) in [6, 6.07) is 8.10. The molecule has 0 radical (unpaired) electrons. The average molecular weight is 308 g/mol. The molecule has 3 nitrogen and oxygen atoms in total. The van der Waals surface area contributed by atoms with Crippen LogP contribution in [0, 0.1) is 17.8 Å². The number of aromatic nitrogens is 1. The van der Waals surface area contributed by atoms with Gasteiger partial charge in [-0.05, 0) is 80.0 Å². The van der Waals surface area contributed by atoms with E-state index in [9.17, 15) is 0 Å². The number of hydrogen-bond acceptors (Lipinski definition) is 3. The average Bonchev–Trinajstić information content (AvgIpc) is 3.07. The lowest BCUT2D eigenvalue weighted by Gasteiger charge is -2.57. The number of rotatable bonds is 4. The molecule has 0 amide bonds. The Morgan fingerprint density at radius 3 is 2.35 bits per heavy atom. The molecule has 4 bridgehead atoms. The predicted octanol–water partition coefficient (Wildman–Crippen LogP) is 4.40. The van der Waals surface area contributed by atoms with Gasteiger partial charge >= 0.3 is 0 Å². The number of hydrogen-bond donors (Lipinski definition) is 1. The van der Waals surface area contributed by atoms with Gasteiger partial charge in [-0.15, -0.1) is 0 Å². The molecule has 0 aromatic carbocycles. The first kappa shape index (κ1) is 13.8. The molecule has 23 heavy (non-hydrogen) atoms. The first-order chi connectivity index (χ1) is 11.3. The summed E-state index contributed by atoms with van der Waals surface area (Å²) in [6.07, 6.45) is 12.4. The molecule has 0 unspecified atom stereocenters. The van der Waals surface area contributed by atoms with Gasteiger partial charge in [-0.25, -0.2) is 0 Å². The van der Waals surface area contributed by atoms with Crippen LogP contribution < -0.4 is 5.32 Å². The molecule has 4 fully saturated rings. The summed E-state index contributed by atoms with van der Waals surface area (Å²) in [6.45, 7) is 0.942. The van der Waals surface area contributed by atoms with Crippen LogP contribution in [0.1, 0.15) is 44.1 Å². The molecule has 1 N–H and O–H groups in total. The molecule has 0 spiro atoms. The molecule has 0 aliphatic heterocycles. The molecule has 2 heterocycles. The van der Waals surface area contributed by atoms with Crippen molar-refractivity contribution in [3.8, 4) is 11.5 Å². The van der Waals surface area contributed by atoms with Crippen LogP contribution in [0.5, 0.6) is 0 Å². The van der Waals surface area contributed by atoms with Crippen molar-refractivity contribution in [1.82, 2.24) is 10.3 Å². The Bertz CT molecular complexity index is 639. The van der Waals surface area contributed by atoms with Crippen molar-refractivity contribution in [2.45, 2.75) is 50.6 Å². The summed E-state index contributed by atoms with van der Waals surface area (Å²) in [4.78, 5) is 4.55. The predicted molar refractivity (Wildman–Crippen MR) is 89.7 cm³/mol. The molecule has 120 valence electrons. The highest BCUT2D eigenvalue weighted by Gasteiger charge is 2.50. The van der Waals surface area contributed by atoms with Crippen molar-refractivity contribution >= 4 is 0 Å². The van der Waals surface area contributed by atoms with Crippen molar-refractivity contribution < 1.29 is 4.42 Å². The summed E-state index contributed by atoms with van der Waals surface area (Å²) in [7, 11) is 0. The van der Waals surface area contributed by atoms with E-state index in [1.807, 2.05) is 18.3 Å². The number of nitrogens with zero attached hydrogens (tertiary/aromatic N) is 1. The highest BCUT2D eigenvalue weighted by atomic mass is 16.3. The summed E-state index contributed by atoms with van der Waals surface area (Å²) in [5.41, 5.74) is 2.61. The number of pyridine rings is 1. The lowest BCUT2D eigenvalue weighted by atomic mass is 9.53. The van der Waals surface area contributed by atoms with E-state index < -0.39 is 0 Å². The minimum atomic E-state index is 0.425. The molecular weight excluding hydrogens is 284 g/mol. The lowest BCUT2D eigenvalue weighted by Crippen LogP contribution is -2.58. The Balaban J connectivity index is 1.28. The Hall–Kier alpha value is -1.61. The summed E-state index contributed by atoms with van der Waals surface area (Å²) < 4.78 is 5.41. The van der Waals surface area contributed by atoms with E-state index >= 15 is 0 Å². The van der Waals surface area contributed by atoms with E-state index in [4.69, 9.17) is 4.42 Å². The quantitative estimate of drug-likeness (QED) is 0.909. The monoisotopic (exact) mass is 308 g/mol. The van der Waals surface area contributed by atoms with E-state index in [-0.39, 0.29) is 0 Å². The van der Waals surface area contributed by atoms with E-state index in [1.165, 1.54) is 44.1 Å². The van der Waals surface area contributed by atoms with Gasteiger partial charge in [0.15, 0.2) is 5.76 Å². The molecular formula is C20H24N2O. The van der Waals surface area contributed by atoms with Gasteiger partial charge in [0, 0.05) is 18.3 Å². The summed E-state index contributed by atoms with van der Waals surface area (Å²) in [5.74, 6) is 3.82. The Labute approximate surface area is 137 Å². The minimum absolute atomic E-state index is 0.425. The van der Waals surface area contributed by atoms with Crippen LogP contribution >= 0.6 is 0 Å². The van der Waals surface area contributed by atoms with Crippen molar-refractivity contribution in [3.05, 3.63) is 42.3 Å². The normalized spacial score (nSPS) is 34.9. The summed E-state index contributed by atoms with van der Waals surface area (Å²) >= 11 is 0. The van der Waals surface area contributed by atoms with Gasteiger partial charge in [0.1, 0.15) is 5.69 Å². The van der Waals surface area contributed by atoms with Crippen LogP contribution in [-0.2, 0) is 6.54 Å². The maximum Gasteiger partial charge on any atom is 0.152 e. The molecule has 4 aliphatic carbocycles. The highest BCUT2D eigenvalue weighted by molar-refractivity contribution is 5.51. The van der Waals surface area contributed by atoms with E-state index in [2.05, 4.69) is 22.4 Å². The Morgan fingerprint density at radius 2 is 1.78 bits per heavy atom. The highest BCUT2D eigenvalue weighted by Crippen LogP contribution is 2.55. The van der Waals surface area contributed by atoms with Gasteiger partial charge in [0.2, 0.25) is 0 Å². The second kappa shape index (κ2) is 5.20. The van der Waals surface area contributed by atoms with E-state index in [0.717, 1.165) is 35.8 Å². The maximum atomic E-state index is 5.41.